The molecule has 34 heavy (non-hydrogen) atoms. The maximum Gasteiger partial charge on any atom is 0.342 e. The summed E-state index contributed by atoms with van der Waals surface area (Å²) < 4.78 is 33.2. The fourth-order valence-electron chi connectivity index (χ4n) is 3.48. The topological polar surface area (TPSA) is 89.5 Å². The predicted octanol–water partition coefficient (Wildman–Crippen LogP) is 4.69. The van der Waals surface area contributed by atoms with Crippen LogP contribution in [0.4, 0.5) is 0 Å². The summed E-state index contributed by atoms with van der Waals surface area (Å²) in [5.41, 5.74) is 0.636. The van der Waals surface area contributed by atoms with Gasteiger partial charge in [0.2, 0.25) is 0 Å². The van der Waals surface area contributed by atoms with Crippen molar-refractivity contribution in [3.63, 3.8) is 0 Å². The van der Waals surface area contributed by atoms with Crippen molar-refractivity contribution in [2.45, 2.75) is 70.9 Å². The van der Waals surface area contributed by atoms with Gasteiger partial charge < -0.3 is 28.4 Å². The van der Waals surface area contributed by atoms with Crippen molar-refractivity contribution in [2.24, 2.45) is 0 Å². The quantitative estimate of drug-likeness (QED) is 0.179. The summed E-state index contributed by atoms with van der Waals surface area (Å²) in [6, 6.07) is 4.09. The number of ketones is 1. The second kappa shape index (κ2) is 12.0. The van der Waals surface area contributed by atoms with E-state index in [1.54, 1.807) is 32.1 Å². The molecule has 0 unspecified atom stereocenters. The van der Waals surface area contributed by atoms with Gasteiger partial charge in [-0.15, -0.1) is 0 Å². The number of esters is 1. The Kier molecular flexibility index (Phi) is 9.87. The van der Waals surface area contributed by atoms with Crippen molar-refractivity contribution >= 4 is 25.9 Å². The second-order valence-electron chi connectivity index (χ2n) is 9.83. The van der Waals surface area contributed by atoms with Gasteiger partial charge in [-0.1, -0.05) is 32.6 Å². The van der Waals surface area contributed by atoms with Gasteiger partial charge in [0.1, 0.15) is 23.2 Å². The third-order valence-electron chi connectivity index (χ3n) is 5.26. The van der Waals surface area contributed by atoms with E-state index in [9.17, 15) is 9.59 Å². The van der Waals surface area contributed by atoms with Gasteiger partial charge >= 0.3 is 5.97 Å². The third kappa shape index (κ3) is 7.94. The minimum atomic E-state index is -1.39. The van der Waals surface area contributed by atoms with Crippen molar-refractivity contribution in [1.82, 2.24) is 0 Å². The Labute approximate surface area is 203 Å². The number of carbonyl (C=O) groups excluding carboxylic acids is 2. The first-order valence-corrected chi connectivity index (χ1v) is 15.2. The molecule has 1 aliphatic rings. The SMILES string of the molecule is CC[C@H]1OC(C)(C)O[C@H]1C(=O)/C=C/c1cc(OC)cc(OCOC)c1C(=O)OCC[Si](C)(C)C. The Hall–Kier alpha value is -2.20. The van der Waals surface area contributed by atoms with Gasteiger partial charge in [0.15, 0.2) is 18.4 Å². The highest BCUT2D eigenvalue weighted by Gasteiger charge is 2.43. The molecule has 2 atom stereocenters. The van der Waals surface area contributed by atoms with E-state index in [0.29, 0.717) is 24.3 Å². The Morgan fingerprint density at radius 2 is 1.85 bits per heavy atom. The van der Waals surface area contributed by atoms with Gasteiger partial charge in [-0.2, -0.15) is 0 Å². The van der Waals surface area contributed by atoms with Crippen LogP contribution in [-0.4, -0.2) is 65.4 Å². The van der Waals surface area contributed by atoms with E-state index >= 15 is 0 Å². The largest absolute Gasteiger partial charge is 0.497 e. The lowest BCUT2D eigenvalue weighted by molar-refractivity contribution is -0.152. The summed E-state index contributed by atoms with van der Waals surface area (Å²) >= 11 is 0. The zero-order chi connectivity index (χ0) is 25.5. The van der Waals surface area contributed by atoms with E-state index in [1.165, 1.54) is 20.3 Å². The monoisotopic (exact) mass is 494 g/mol. The fraction of sp³-hybridized carbons (Fsp3) is 0.600. The minimum absolute atomic E-state index is 0.0645. The summed E-state index contributed by atoms with van der Waals surface area (Å²) in [5.74, 6) is -0.911. The maximum absolute atomic E-state index is 13.1. The van der Waals surface area contributed by atoms with E-state index in [-0.39, 0.29) is 30.0 Å². The molecule has 0 aliphatic carbocycles. The minimum Gasteiger partial charge on any atom is -0.497 e. The Morgan fingerprint density at radius 1 is 1.15 bits per heavy atom. The van der Waals surface area contributed by atoms with Gasteiger partial charge in [-0.25, -0.2) is 4.79 Å². The summed E-state index contributed by atoms with van der Waals surface area (Å²) in [6.45, 7) is 12.4. The van der Waals surface area contributed by atoms with Crippen LogP contribution in [0.5, 0.6) is 11.5 Å². The Morgan fingerprint density at radius 3 is 2.44 bits per heavy atom. The van der Waals surface area contributed by atoms with Gasteiger partial charge in [0.05, 0.1) is 19.8 Å². The molecule has 0 saturated carbocycles. The molecule has 1 aliphatic heterocycles. The number of ether oxygens (including phenoxy) is 6. The summed E-state index contributed by atoms with van der Waals surface area (Å²) in [7, 11) is 1.61. The van der Waals surface area contributed by atoms with Crippen molar-refractivity contribution < 1.29 is 38.0 Å². The molecular formula is C25H38O8Si. The van der Waals surface area contributed by atoms with Gasteiger partial charge in [0.25, 0.3) is 0 Å². The molecule has 2 rings (SSSR count). The van der Waals surface area contributed by atoms with Gasteiger partial charge in [-0.05, 0) is 44.0 Å². The molecular weight excluding hydrogens is 456 g/mol. The molecule has 1 heterocycles. The number of rotatable bonds is 12. The number of hydrogen-bond donors (Lipinski definition) is 0. The Balaban J connectivity index is 2.38. The summed E-state index contributed by atoms with van der Waals surface area (Å²) in [6.07, 6.45) is 2.52. The van der Waals surface area contributed by atoms with Gasteiger partial charge in [0, 0.05) is 21.3 Å². The van der Waals surface area contributed by atoms with Crippen LogP contribution in [0.3, 0.4) is 0 Å². The highest BCUT2D eigenvalue weighted by atomic mass is 28.3. The molecule has 0 aromatic heterocycles. The first-order chi connectivity index (χ1) is 15.9. The van der Waals surface area contributed by atoms with E-state index < -0.39 is 25.9 Å². The molecule has 0 N–H and O–H groups in total. The molecule has 0 bridgehead atoms. The van der Waals surface area contributed by atoms with E-state index in [2.05, 4.69) is 19.6 Å². The number of methoxy groups -OCH3 is 2. The smallest absolute Gasteiger partial charge is 0.342 e. The first-order valence-electron chi connectivity index (χ1n) is 11.5. The second-order valence-corrected chi connectivity index (χ2v) is 15.4. The molecule has 0 radical (unpaired) electrons. The average molecular weight is 495 g/mol. The number of carbonyl (C=O) groups is 2. The molecule has 9 heteroatoms. The molecule has 190 valence electrons. The maximum atomic E-state index is 13.1. The van der Waals surface area contributed by atoms with Gasteiger partial charge in [-0.3, -0.25) is 4.79 Å². The van der Waals surface area contributed by atoms with Crippen LogP contribution in [0, 0.1) is 0 Å². The molecule has 8 nitrogen and oxygen atoms in total. The molecule has 0 spiro atoms. The number of benzene rings is 1. The summed E-state index contributed by atoms with van der Waals surface area (Å²) in [4.78, 5) is 26.1. The zero-order valence-electron chi connectivity index (χ0n) is 21.6. The van der Waals surface area contributed by atoms with Crippen molar-refractivity contribution in [3.8, 4) is 11.5 Å². The molecule has 1 aromatic rings. The molecule has 1 aromatic carbocycles. The van der Waals surface area contributed by atoms with Crippen molar-refractivity contribution in [3.05, 3.63) is 29.3 Å². The standard InChI is InChI=1S/C25H38O8Si/c1-9-20-23(33-25(2,3)32-20)19(26)11-10-17-14-18(29-5)15-21(31-16-28-4)22(17)24(27)30-12-13-34(6,7)8/h10-11,14-15,20,23H,9,12-13,16H2,1-8H3/b11-10+/t20-,23+/m1/s1. The molecule has 0 amide bonds. The zero-order valence-corrected chi connectivity index (χ0v) is 22.6. The third-order valence-corrected chi connectivity index (χ3v) is 6.96. The van der Waals surface area contributed by atoms with Crippen molar-refractivity contribution in [1.29, 1.82) is 0 Å². The van der Waals surface area contributed by atoms with Crippen LogP contribution < -0.4 is 9.47 Å². The van der Waals surface area contributed by atoms with Crippen molar-refractivity contribution in [2.75, 3.05) is 27.6 Å². The van der Waals surface area contributed by atoms with Crippen LogP contribution in [0.25, 0.3) is 6.08 Å². The molecule has 1 saturated heterocycles. The van der Waals surface area contributed by atoms with Crippen LogP contribution in [-0.2, 0) is 23.7 Å². The average Bonchev–Trinajstić information content (AvgIpc) is 3.09. The van der Waals surface area contributed by atoms with Crippen LogP contribution >= 0.6 is 0 Å². The van der Waals surface area contributed by atoms with Crippen LogP contribution in [0.1, 0.15) is 43.1 Å². The van der Waals surface area contributed by atoms with E-state index in [1.807, 2.05) is 6.92 Å². The molecule has 1 fully saturated rings. The lowest BCUT2D eigenvalue weighted by Crippen LogP contribution is -2.29. The highest BCUT2D eigenvalue weighted by molar-refractivity contribution is 6.76. The lowest BCUT2D eigenvalue weighted by Gasteiger charge is -2.18. The number of hydrogen-bond acceptors (Lipinski definition) is 8. The lowest BCUT2D eigenvalue weighted by atomic mass is 10.0. The van der Waals surface area contributed by atoms with Crippen LogP contribution in [0.15, 0.2) is 18.2 Å². The Bertz CT molecular complexity index is 888. The van der Waals surface area contributed by atoms with Crippen LogP contribution in [0.2, 0.25) is 25.7 Å². The van der Waals surface area contributed by atoms with E-state index in [0.717, 1.165) is 6.04 Å². The summed E-state index contributed by atoms with van der Waals surface area (Å²) in [5, 5.41) is 0. The normalized spacial score (nSPS) is 19.9. The fourth-order valence-corrected chi connectivity index (χ4v) is 4.19. The van der Waals surface area contributed by atoms with E-state index in [4.69, 9.17) is 28.4 Å². The highest BCUT2D eigenvalue weighted by Crippen LogP contribution is 2.33. The first kappa shape index (κ1) is 28.0. The predicted molar refractivity (Wildman–Crippen MR) is 132 cm³/mol.